The fraction of sp³-hybridized carbons (Fsp3) is 0.333. The lowest BCUT2D eigenvalue weighted by Crippen LogP contribution is -2.28. The molecule has 0 aliphatic carbocycles. The number of nitrogens with one attached hydrogen (secondary N) is 1. The molecule has 2 heterocycles. The third kappa shape index (κ3) is 3.31. The van der Waals surface area contributed by atoms with Crippen LogP contribution in [0.2, 0.25) is 0 Å². The summed E-state index contributed by atoms with van der Waals surface area (Å²) in [6.07, 6.45) is 0.190. The highest BCUT2D eigenvalue weighted by molar-refractivity contribution is 7.15. The zero-order chi connectivity index (χ0) is 16.4. The molecular weight excluding hydrogens is 316 g/mol. The SMILES string of the molecule is COc1ccc(N2C[C@H](C(=O)Nc3nnc(C)s3)CC2=O)cc1. The first-order valence-corrected chi connectivity index (χ1v) is 7.94. The van der Waals surface area contributed by atoms with Crippen molar-refractivity contribution in [2.24, 2.45) is 5.92 Å². The van der Waals surface area contributed by atoms with Gasteiger partial charge < -0.3 is 15.0 Å². The lowest BCUT2D eigenvalue weighted by Gasteiger charge is -2.16. The summed E-state index contributed by atoms with van der Waals surface area (Å²) >= 11 is 1.31. The van der Waals surface area contributed by atoms with E-state index in [9.17, 15) is 9.59 Å². The molecule has 1 aromatic heterocycles. The minimum Gasteiger partial charge on any atom is -0.497 e. The Labute approximate surface area is 137 Å². The van der Waals surface area contributed by atoms with Crippen LogP contribution in [0.1, 0.15) is 11.4 Å². The molecule has 0 spiro atoms. The third-order valence-corrected chi connectivity index (χ3v) is 4.39. The van der Waals surface area contributed by atoms with Crippen molar-refractivity contribution in [3.8, 4) is 5.75 Å². The van der Waals surface area contributed by atoms with Gasteiger partial charge in [0.1, 0.15) is 10.8 Å². The predicted molar refractivity (Wildman–Crippen MR) is 86.7 cm³/mol. The van der Waals surface area contributed by atoms with Gasteiger partial charge in [0.05, 0.1) is 13.0 Å². The lowest BCUT2D eigenvalue weighted by molar-refractivity contribution is -0.122. The minimum atomic E-state index is -0.395. The highest BCUT2D eigenvalue weighted by Crippen LogP contribution is 2.27. The van der Waals surface area contributed by atoms with Crippen molar-refractivity contribution in [1.82, 2.24) is 10.2 Å². The van der Waals surface area contributed by atoms with Crippen molar-refractivity contribution in [2.45, 2.75) is 13.3 Å². The van der Waals surface area contributed by atoms with E-state index in [0.29, 0.717) is 11.7 Å². The Morgan fingerprint density at radius 3 is 2.70 bits per heavy atom. The molecule has 0 bridgehead atoms. The number of amides is 2. The van der Waals surface area contributed by atoms with Gasteiger partial charge in [-0.2, -0.15) is 0 Å². The molecule has 0 unspecified atom stereocenters. The van der Waals surface area contributed by atoms with Gasteiger partial charge in [0.15, 0.2) is 0 Å². The summed E-state index contributed by atoms with van der Waals surface area (Å²) in [5.74, 6) is 0.0596. The van der Waals surface area contributed by atoms with Crippen molar-refractivity contribution in [3.05, 3.63) is 29.3 Å². The average molecular weight is 332 g/mol. The van der Waals surface area contributed by atoms with Gasteiger partial charge in [-0.1, -0.05) is 11.3 Å². The van der Waals surface area contributed by atoms with Gasteiger partial charge in [0, 0.05) is 18.7 Å². The highest BCUT2D eigenvalue weighted by Gasteiger charge is 2.35. The summed E-state index contributed by atoms with van der Waals surface area (Å²) in [4.78, 5) is 26.1. The van der Waals surface area contributed by atoms with Crippen LogP contribution in [0.15, 0.2) is 24.3 Å². The quantitative estimate of drug-likeness (QED) is 0.923. The third-order valence-electron chi connectivity index (χ3n) is 3.64. The Balaban J connectivity index is 1.67. The molecular formula is C15H16N4O3S. The van der Waals surface area contributed by atoms with Crippen molar-refractivity contribution in [1.29, 1.82) is 0 Å². The molecule has 1 N–H and O–H groups in total. The normalized spacial score (nSPS) is 17.4. The van der Waals surface area contributed by atoms with E-state index in [-0.39, 0.29) is 18.2 Å². The van der Waals surface area contributed by atoms with E-state index in [0.717, 1.165) is 16.4 Å². The number of anilines is 2. The van der Waals surface area contributed by atoms with E-state index in [1.165, 1.54) is 11.3 Å². The van der Waals surface area contributed by atoms with Crippen LogP contribution in [0.4, 0.5) is 10.8 Å². The van der Waals surface area contributed by atoms with Crippen LogP contribution >= 0.6 is 11.3 Å². The molecule has 23 heavy (non-hydrogen) atoms. The van der Waals surface area contributed by atoms with Crippen LogP contribution < -0.4 is 15.0 Å². The number of hydrogen-bond donors (Lipinski definition) is 1. The van der Waals surface area contributed by atoms with Gasteiger partial charge in [0.25, 0.3) is 0 Å². The Morgan fingerprint density at radius 2 is 2.09 bits per heavy atom. The van der Waals surface area contributed by atoms with Crippen LogP contribution in [0, 0.1) is 12.8 Å². The maximum atomic E-state index is 12.3. The second-order valence-corrected chi connectivity index (χ2v) is 6.40. The molecule has 8 heteroatoms. The van der Waals surface area contributed by atoms with Crippen LogP contribution in [-0.2, 0) is 9.59 Å². The number of ether oxygens (including phenoxy) is 1. The second kappa shape index (κ2) is 6.33. The molecule has 3 rings (SSSR count). The van der Waals surface area contributed by atoms with Gasteiger partial charge in [-0.25, -0.2) is 0 Å². The van der Waals surface area contributed by atoms with E-state index < -0.39 is 5.92 Å². The summed E-state index contributed by atoms with van der Waals surface area (Å²) in [6.45, 7) is 2.17. The van der Waals surface area contributed by atoms with Crippen molar-refractivity contribution in [2.75, 3.05) is 23.9 Å². The number of aryl methyl sites for hydroxylation is 1. The van der Waals surface area contributed by atoms with Crippen molar-refractivity contribution >= 4 is 34.0 Å². The van der Waals surface area contributed by atoms with Crippen LogP contribution in [0.5, 0.6) is 5.75 Å². The first-order valence-electron chi connectivity index (χ1n) is 7.12. The summed E-state index contributed by atoms with van der Waals surface area (Å²) in [7, 11) is 1.59. The van der Waals surface area contributed by atoms with E-state index in [1.807, 2.05) is 19.1 Å². The van der Waals surface area contributed by atoms with Gasteiger partial charge in [-0.3, -0.25) is 9.59 Å². The Morgan fingerprint density at radius 1 is 1.35 bits per heavy atom. The molecule has 1 aliphatic rings. The largest absolute Gasteiger partial charge is 0.497 e. The minimum absolute atomic E-state index is 0.0660. The zero-order valence-electron chi connectivity index (χ0n) is 12.8. The molecule has 1 saturated heterocycles. The summed E-state index contributed by atoms with van der Waals surface area (Å²) in [6, 6.07) is 7.20. The van der Waals surface area contributed by atoms with Gasteiger partial charge in [-0.05, 0) is 31.2 Å². The van der Waals surface area contributed by atoms with E-state index in [4.69, 9.17) is 4.74 Å². The summed E-state index contributed by atoms with van der Waals surface area (Å²) in [5.41, 5.74) is 0.762. The van der Waals surface area contributed by atoms with Crippen LogP contribution in [0.3, 0.4) is 0 Å². The first-order chi connectivity index (χ1) is 11.1. The molecule has 2 aromatic rings. The number of rotatable bonds is 4. The average Bonchev–Trinajstić information content (AvgIpc) is 3.13. The second-order valence-electron chi connectivity index (χ2n) is 5.22. The fourth-order valence-corrected chi connectivity index (χ4v) is 3.04. The molecule has 0 radical (unpaired) electrons. The van der Waals surface area contributed by atoms with E-state index >= 15 is 0 Å². The fourth-order valence-electron chi connectivity index (χ4n) is 2.45. The summed E-state index contributed by atoms with van der Waals surface area (Å²) in [5, 5.41) is 11.7. The highest BCUT2D eigenvalue weighted by atomic mass is 32.1. The molecule has 7 nitrogen and oxygen atoms in total. The molecule has 1 fully saturated rings. The van der Waals surface area contributed by atoms with Gasteiger partial charge >= 0.3 is 0 Å². The molecule has 1 aliphatic heterocycles. The number of nitrogens with zero attached hydrogens (tertiary/aromatic N) is 3. The number of benzene rings is 1. The van der Waals surface area contributed by atoms with E-state index in [2.05, 4.69) is 15.5 Å². The Kier molecular flexibility index (Phi) is 4.24. The standard InChI is InChI=1S/C15H16N4O3S/c1-9-17-18-15(23-9)16-14(21)10-7-13(20)19(8-10)11-3-5-12(22-2)6-4-11/h3-6,10H,7-8H2,1-2H3,(H,16,18,21)/t10-/m1/s1. The number of carbonyl (C=O) groups excluding carboxylic acids is 2. The Hall–Kier alpha value is -2.48. The maximum Gasteiger partial charge on any atom is 0.231 e. The first kappa shape index (κ1) is 15.4. The van der Waals surface area contributed by atoms with E-state index in [1.54, 1.807) is 24.1 Å². The number of hydrogen-bond acceptors (Lipinski definition) is 6. The monoisotopic (exact) mass is 332 g/mol. The lowest BCUT2D eigenvalue weighted by atomic mass is 10.1. The van der Waals surface area contributed by atoms with Crippen LogP contribution in [0.25, 0.3) is 0 Å². The van der Waals surface area contributed by atoms with Gasteiger partial charge in [-0.15, -0.1) is 10.2 Å². The van der Waals surface area contributed by atoms with Gasteiger partial charge in [0.2, 0.25) is 16.9 Å². The smallest absolute Gasteiger partial charge is 0.231 e. The number of aromatic nitrogens is 2. The molecule has 0 saturated carbocycles. The van der Waals surface area contributed by atoms with Crippen molar-refractivity contribution < 1.29 is 14.3 Å². The topological polar surface area (TPSA) is 84.4 Å². The maximum absolute atomic E-state index is 12.3. The number of carbonyl (C=O) groups is 2. The molecule has 1 aromatic carbocycles. The molecule has 120 valence electrons. The Bertz CT molecular complexity index is 729. The predicted octanol–water partition coefficient (Wildman–Crippen LogP) is 1.85. The van der Waals surface area contributed by atoms with Crippen LogP contribution in [-0.4, -0.2) is 35.7 Å². The molecule has 1 atom stereocenters. The molecule has 2 amide bonds. The number of methoxy groups -OCH3 is 1. The van der Waals surface area contributed by atoms with Crippen molar-refractivity contribution in [3.63, 3.8) is 0 Å². The summed E-state index contributed by atoms with van der Waals surface area (Å²) < 4.78 is 5.11. The zero-order valence-corrected chi connectivity index (χ0v) is 13.6.